The lowest BCUT2D eigenvalue weighted by molar-refractivity contribution is 0.130. The summed E-state index contributed by atoms with van der Waals surface area (Å²) in [6.07, 6.45) is 3.08. The summed E-state index contributed by atoms with van der Waals surface area (Å²) < 4.78 is 5.30. The molecule has 1 aliphatic carbocycles. The minimum atomic E-state index is -0.381. The van der Waals surface area contributed by atoms with Crippen molar-refractivity contribution in [3.63, 3.8) is 0 Å². The van der Waals surface area contributed by atoms with Crippen molar-refractivity contribution in [2.75, 3.05) is 18.5 Å². The van der Waals surface area contributed by atoms with Crippen molar-refractivity contribution in [3.8, 4) is 0 Å². The highest BCUT2D eigenvalue weighted by Gasteiger charge is 2.27. The first kappa shape index (κ1) is 13.9. The van der Waals surface area contributed by atoms with E-state index in [0.717, 1.165) is 24.1 Å². The van der Waals surface area contributed by atoms with Crippen molar-refractivity contribution in [3.05, 3.63) is 29.8 Å². The molecule has 1 fully saturated rings. The van der Waals surface area contributed by atoms with Gasteiger partial charge in [-0.3, -0.25) is 5.32 Å². The number of nitrogens with one attached hydrogen (secondary N) is 1. The van der Waals surface area contributed by atoms with Crippen molar-refractivity contribution in [2.24, 2.45) is 17.6 Å². The van der Waals surface area contributed by atoms with E-state index in [1.165, 1.54) is 6.42 Å². The van der Waals surface area contributed by atoms with Crippen LogP contribution in [0.4, 0.5) is 10.5 Å². The van der Waals surface area contributed by atoms with Crippen LogP contribution in [0.2, 0.25) is 0 Å². The van der Waals surface area contributed by atoms with Crippen LogP contribution in [0.15, 0.2) is 24.3 Å². The molecule has 0 aromatic heterocycles. The lowest BCUT2D eigenvalue weighted by atomic mass is 9.97. The largest absolute Gasteiger partial charge is 0.449 e. The number of carbonyl (C=O) groups is 1. The van der Waals surface area contributed by atoms with Gasteiger partial charge in [0.2, 0.25) is 0 Å². The number of hydrogen-bond donors (Lipinski definition) is 2. The van der Waals surface area contributed by atoms with Gasteiger partial charge >= 0.3 is 6.09 Å². The second-order valence-corrected chi connectivity index (χ2v) is 5.28. The van der Waals surface area contributed by atoms with Crippen LogP contribution in [-0.4, -0.2) is 19.2 Å². The van der Waals surface area contributed by atoms with Crippen molar-refractivity contribution in [1.82, 2.24) is 0 Å². The molecule has 2 atom stereocenters. The zero-order chi connectivity index (χ0) is 13.7. The van der Waals surface area contributed by atoms with Crippen molar-refractivity contribution >= 4 is 11.8 Å². The Labute approximate surface area is 114 Å². The summed E-state index contributed by atoms with van der Waals surface area (Å²) in [6, 6.07) is 7.67. The number of hydrogen-bond acceptors (Lipinski definition) is 3. The average molecular weight is 262 g/mol. The van der Waals surface area contributed by atoms with Gasteiger partial charge in [-0.15, -0.1) is 0 Å². The van der Waals surface area contributed by atoms with Gasteiger partial charge in [0.15, 0.2) is 0 Å². The van der Waals surface area contributed by atoms with Gasteiger partial charge in [0.05, 0.1) is 6.61 Å². The first-order valence-corrected chi connectivity index (χ1v) is 6.89. The van der Waals surface area contributed by atoms with Crippen LogP contribution < -0.4 is 11.1 Å². The fraction of sp³-hybridized carbons (Fsp3) is 0.533. The standard InChI is InChI=1S/C15H22N2O2/c1-11-4-2-7-14(8-11)17-15(18)19-10-13-6-3-5-12(13)9-16/h2,4,7-8,12-13H,3,5-6,9-10,16H2,1H3,(H,17,18). The zero-order valence-corrected chi connectivity index (χ0v) is 11.4. The summed E-state index contributed by atoms with van der Waals surface area (Å²) in [6.45, 7) is 3.15. The third-order valence-electron chi connectivity index (χ3n) is 3.81. The lowest BCUT2D eigenvalue weighted by Crippen LogP contribution is -2.25. The van der Waals surface area contributed by atoms with Crippen LogP contribution in [0.5, 0.6) is 0 Å². The summed E-state index contributed by atoms with van der Waals surface area (Å²) in [4.78, 5) is 11.7. The van der Waals surface area contributed by atoms with E-state index in [9.17, 15) is 4.79 Å². The number of ether oxygens (including phenoxy) is 1. The Morgan fingerprint density at radius 1 is 1.42 bits per heavy atom. The maximum atomic E-state index is 11.7. The Morgan fingerprint density at radius 2 is 2.21 bits per heavy atom. The quantitative estimate of drug-likeness (QED) is 0.877. The summed E-state index contributed by atoms with van der Waals surface area (Å²) in [5.74, 6) is 0.931. The number of nitrogens with two attached hydrogens (primary N) is 1. The van der Waals surface area contributed by atoms with Crippen molar-refractivity contribution in [1.29, 1.82) is 0 Å². The molecular formula is C15H22N2O2. The van der Waals surface area contributed by atoms with Crippen LogP contribution in [0, 0.1) is 18.8 Å². The van der Waals surface area contributed by atoms with E-state index in [0.29, 0.717) is 25.0 Å². The van der Waals surface area contributed by atoms with E-state index in [1.54, 1.807) is 0 Å². The van der Waals surface area contributed by atoms with E-state index in [-0.39, 0.29) is 6.09 Å². The number of anilines is 1. The minimum absolute atomic E-state index is 0.381. The number of carbonyl (C=O) groups excluding carboxylic acids is 1. The number of aryl methyl sites for hydroxylation is 1. The molecule has 1 aliphatic rings. The molecule has 0 radical (unpaired) electrons. The molecule has 104 valence electrons. The Kier molecular flexibility index (Phi) is 4.80. The minimum Gasteiger partial charge on any atom is -0.449 e. The number of benzene rings is 1. The van der Waals surface area contributed by atoms with Gasteiger partial charge in [-0.25, -0.2) is 4.79 Å². The Balaban J connectivity index is 1.78. The van der Waals surface area contributed by atoms with E-state index >= 15 is 0 Å². The van der Waals surface area contributed by atoms with Gasteiger partial charge in [-0.05, 0) is 55.8 Å². The third-order valence-corrected chi connectivity index (χ3v) is 3.81. The van der Waals surface area contributed by atoms with Gasteiger partial charge in [0.25, 0.3) is 0 Å². The molecule has 1 aromatic rings. The maximum absolute atomic E-state index is 11.7. The molecule has 3 N–H and O–H groups in total. The predicted octanol–water partition coefficient (Wildman–Crippen LogP) is 2.92. The number of rotatable bonds is 4. The first-order valence-electron chi connectivity index (χ1n) is 6.89. The molecule has 0 bridgehead atoms. The topological polar surface area (TPSA) is 64.3 Å². The lowest BCUT2D eigenvalue weighted by Gasteiger charge is -2.17. The second kappa shape index (κ2) is 6.57. The second-order valence-electron chi connectivity index (χ2n) is 5.28. The highest BCUT2D eigenvalue weighted by molar-refractivity contribution is 5.84. The summed E-state index contributed by atoms with van der Waals surface area (Å²) in [5, 5.41) is 2.75. The van der Waals surface area contributed by atoms with Crippen LogP contribution in [0.1, 0.15) is 24.8 Å². The monoisotopic (exact) mass is 262 g/mol. The molecule has 19 heavy (non-hydrogen) atoms. The average Bonchev–Trinajstić information content (AvgIpc) is 2.83. The summed E-state index contributed by atoms with van der Waals surface area (Å²) in [7, 11) is 0. The van der Waals surface area contributed by atoms with Crippen LogP contribution in [-0.2, 0) is 4.74 Å². The summed E-state index contributed by atoms with van der Waals surface area (Å²) in [5.41, 5.74) is 7.59. The van der Waals surface area contributed by atoms with Gasteiger partial charge in [-0.2, -0.15) is 0 Å². The normalized spacial score (nSPS) is 22.2. The molecule has 0 heterocycles. The highest BCUT2D eigenvalue weighted by Crippen LogP contribution is 2.31. The Morgan fingerprint density at radius 3 is 2.95 bits per heavy atom. The fourth-order valence-electron chi connectivity index (χ4n) is 2.70. The smallest absolute Gasteiger partial charge is 0.411 e. The highest BCUT2D eigenvalue weighted by atomic mass is 16.5. The van der Waals surface area contributed by atoms with E-state index < -0.39 is 0 Å². The molecule has 0 spiro atoms. The zero-order valence-electron chi connectivity index (χ0n) is 11.4. The molecule has 2 rings (SSSR count). The summed E-state index contributed by atoms with van der Waals surface area (Å²) >= 11 is 0. The third kappa shape index (κ3) is 3.96. The number of amides is 1. The van der Waals surface area contributed by atoms with Gasteiger partial charge in [0, 0.05) is 5.69 Å². The molecule has 2 unspecified atom stereocenters. The van der Waals surface area contributed by atoms with Crippen molar-refractivity contribution in [2.45, 2.75) is 26.2 Å². The SMILES string of the molecule is Cc1cccc(NC(=O)OCC2CCCC2CN)c1. The van der Waals surface area contributed by atoms with E-state index in [4.69, 9.17) is 10.5 Å². The van der Waals surface area contributed by atoms with Crippen LogP contribution in [0.3, 0.4) is 0 Å². The van der Waals surface area contributed by atoms with Gasteiger partial charge in [0.1, 0.15) is 0 Å². The van der Waals surface area contributed by atoms with E-state index in [2.05, 4.69) is 5.32 Å². The molecule has 0 saturated heterocycles. The molecular weight excluding hydrogens is 240 g/mol. The van der Waals surface area contributed by atoms with Crippen LogP contribution >= 0.6 is 0 Å². The molecule has 1 saturated carbocycles. The molecule has 0 aliphatic heterocycles. The molecule has 4 nitrogen and oxygen atoms in total. The fourth-order valence-corrected chi connectivity index (χ4v) is 2.70. The van der Waals surface area contributed by atoms with Gasteiger partial charge in [-0.1, -0.05) is 18.6 Å². The molecule has 1 amide bonds. The molecule has 4 heteroatoms. The predicted molar refractivity (Wildman–Crippen MR) is 76.0 cm³/mol. The first-order chi connectivity index (χ1) is 9.19. The van der Waals surface area contributed by atoms with Crippen LogP contribution in [0.25, 0.3) is 0 Å². The Bertz CT molecular complexity index is 434. The maximum Gasteiger partial charge on any atom is 0.411 e. The van der Waals surface area contributed by atoms with Crippen molar-refractivity contribution < 1.29 is 9.53 Å². The van der Waals surface area contributed by atoms with E-state index in [1.807, 2.05) is 31.2 Å². The molecule has 1 aromatic carbocycles. The van der Waals surface area contributed by atoms with Gasteiger partial charge < -0.3 is 10.5 Å². The Hall–Kier alpha value is -1.55.